The summed E-state index contributed by atoms with van der Waals surface area (Å²) >= 11 is 1.39. The summed E-state index contributed by atoms with van der Waals surface area (Å²) in [6, 6.07) is 9.37. The average molecular weight is 465 g/mol. The van der Waals surface area contributed by atoms with Crippen LogP contribution in [0.25, 0.3) is 4.96 Å². The van der Waals surface area contributed by atoms with Crippen LogP contribution in [0.3, 0.4) is 0 Å². The quantitative estimate of drug-likeness (QED) is 0.431. The normalized spacial score (nSPS) is 12.3. The molecule has 2 aromatic carbocycles. The zero-order valence-corrected chi connectivity index (χ0v) is 17.5. The van der Waals surface area contributed by atoms with Gasteiger partial charge in [0.1, 0.15) is 5.69 Å². The lowest BCUT2D eigenvalue weighted by Gasteiger charge is -2.14. The van der Waals surface area contributed by atoms with Crippen LogP contribution in [-0.4, -0.2) is 23.6 Å². The number of anilines is 1. The number of sulfonamides is 1. The van der Waals surface area contributed by atoms with Crippen molar-refractivity contribution < 1.29 is 26.4 Å². The number of benzene rings is 2. The van der Waals surface area contributed by atoms with Gasteiger partial charge in [-0.25, -0.2) is 13.4 Å². The molecule has 0 amide bonds. The van der Waals surface area contributed by atoms with Crippen molar-refractivity contribution in [3.63, 3.8) is 0 Å². The van der Waals surface area contributed by atoms with Crippen molar-refractivity contribution in [2.45, 2.75) is 18.0 Å². The van der Waals surface area contributed by atoms with E-state index in [1.54, 1.807) is 22.9 Å². The lowest BCUT2D eigenvalue weighted by molar-refractivity contribution is -0.139. The number of thiazole rings is 1. The zero-order chi connectivity index (χ0) is 22.4. The topological polar surface area (TPSA) is 80.5 Å². The lowest BCUT2D eigenvalue weighted by Crippen LogP contribution is -2.19. The van der Waals surface area contributed by atoms with Crippen molar-refractivity contribution in [2.24, 2.45) is 0 Å². The Hall–Kier alpha value is -3.18. The van der Waals surface area contributed by atoms with Gasteiger partial charge in [-0.15, -0.1) is 11.3 Å². The van der Waals surface area contributed by atoms with Gasteiger partial charge in [0.05, 0.1) is 16.2 Å². The number of hydrogen-bond donors (Lipinski definition) is 1. The van der Waals surface area contributed by atoms with Gasteiger partial charge in [-0.05, 0) is 43.3 Å². The highest BCUT2D eigenvalue weighted by atomic mass is 32.2. The minimum atomic E-state index is -4.82. The minimum absolute atomic E-state index is 0.0270. The lowest BCUT2D eigenvalue weighted by atomic mass is 10.1. The Labute approximate surface area is 179 Å². The molecule has 0 aliphatic carbocycles. The molecule has 0 unspecified atom stereocenters. The average Bonchev–Trinajstić information content (AvgIpc) is 3.27. The van der Waals surface area contributed by atoms with E-state index in [9.17, 15) is 26.4 Å². The van der Waals surface area contributed by atoms with Crippen molar-refractivity contribution in [3.05, 3.63) is 82.6 Å². The molecule has 0 spiro atoms. The fourth-order valence-electron chi connectivity index (χ4n) is 3.14. The molecule has 11 heteroatoms. The molecule has 2 heterocycles. The van der Waals surface area contributed by atoms with Crippen molar-refractivity contribution in [3.8, 4) is 0 Å². The zero-order valence-electron chi connectivity index (χ0n) is 15.8. The third kappa shape index (κ3) is 3.93. The van der Waals surface area contributed by atoms with E-state index in [4.69, 9.17) is 0 Å². The van der Waals surface area contributed by atoms with Crippen LogP contribution in [0.4, 0.5) is 18.9 Å². The van der Waals surface area contributed by atoms with Crippen LogP contribution in [0.1, 0.15) is 27.3 Å². The Bertz CT molecular complexity index is 1390. The smallest absolute Gasteiger partial charge is 0.287 e. The second kappa shape index (κ2) is 7.50. The third-order valence-electron chi connectivity index (χ3n) is 4.53. The minimum Gasteiger partial charge on any atom is -0.287 e. The number of aromatic nitrogens is 2. The molecule has 0 aliphatic rings. The molecule has 31 heavy (non-hydrogen) atoms. The number of aryl methyl sites for hydroxylation is 1. The summed E-state index contributed by atoms with van der Waals surface area (Å²) in [7, 11) is -4.50. The predicted molar refractivity (Wildman–Crippen MR) is 110 cm³/mol. The highest BCUT2D eigenvalue weighted by Crippen LogP contribution is 2.34. The molecule has 0 bridgehead atoms. The van der Waals surface area contributed by atoms with Crippen LogP contribution < -0.4 is 4.72 Å². The summed E-state index contributed by atoms with van der Waals surface area (Å²) < 4.78 is 68.4. The fraction of sp³-hybridized carbons (Fsp3) is 0.100. The molecule has 4 aromatic rings. The number of nitrogens with zero attached hydrogens (tertiary/aromatic N) is 2. The van der Waals surface area contributed by atoms with Crippen LogP contribution in [0.15, 0.2) is 65.0 Å². The van der Waals surface area contributed by atoms with E-state index >= 15 is 0 Å². The number of carbonyl (C=O) groups excluding carboxylic acids is 1. The highest BCUT2D eigenvalue weighted by Gasteiger charge is 2.36. The molecular formula is C20H14F3N3O3S2. The van der Waals surface area contributed by atoms with Gasteiger partial charge in [0, 0.05) is 22.8 Å². The predicted octanol–water partition coefficient (Wildman–Crippen LogP) is 4.75. The molecule has 0 fully saturated rings. The van der Waals surface area contributed by atoms with Gasteiger partial charge in [0.15, 0.2) is 4.96 Å². The Balaban J connectivity index is 1.62. The first-order valence-electron chi connectivity index (χ1n) is 8.84. The Morgan fingerprint density at radius 3 is 2.45 bits per heavy atom. The molecule has 160 valence electrons. The van der Waals surface area contributed by atoms with Crippen LogP contribution in [0.5, 0.6) is 0 Å². The van der Waals surface area contributed by atoms with Crippen molar-refractivity contribution >= 4 is 37.8 Å². The number of rotatable bonds is 5. The molecular weight excluding hydrogens is 451 g/mol. The Morgan fingerprint density at radius 1 is 1.10 bits per heavy atom. The van der Waals surface area contributed by atoms with Gasteiger partial charge in [-0.3, -0.25) is 13.9 Å². The number of ketones is 1. The number of halogens is 3. The maximum Gasteiger partial charge on any atom is 0.417 e. The number of alkyl halides is 3. The first-order chi connectivity index (χ1) is 14.6. The number of nitrogens with one attached hydrogen (secondary N) is 1. The first kappa shape index (κ1) is 21.1. The van der Waals surface area contributed by atoms with E-state index in [0.717, 1.165) is 12.1 Å². The molecule has 4 rings (SSSR count). The highest BCUT2D eigenvalue weighted by molar-refractivity contribution is 7.92. The molecule has 1 N–H and O–H groups in total. The first-order valence-corrected chi connectivity index (χ1v) is 11.2. The van der Waals surface area contributed by atoms with Gasteiger partial charge in [0.2, 0.25) is 5.78 Å². The molecule has 0 radical (unpaired) electrons. The molecule has 0 atom stereocenters. The van der Waals surface area contributed by atoms with E-state index in [1.165, 1.54) is 41.7 Å². The summed E-state index contributed by atoms with van der Waals surface area (Å²) in [5, 5.41) is 1.80. The monoisotopic (exact) mass is 465 g/mol. The molecule has 0 saturated carbocycles. The summed E-state index contributed by atoms with van der Waals surface area (Å²) in [4.78, 5) is 17.0. The maximum absolute atomic E-state index is 13.2. The summed E-state index contributed by atoms with van der Waals surface area (Å²) in [6.45, 7) is 1.72. The second-order valence-corrected chi connectivity index (χ2v) is 9.13. The SMILES string of the molecule is Cc1nc2sccn2c1C(=O)c1ccc(NS(=O)(=O)c2ccccc2C(F)(F)F)cc1. The third-order valence-corrected chi connectivity index (χ3v) is 6.73. The van der Waals surface area contributed by atoms with Crippen LogP contribution in [-0.2, 0) is 16.2 Å². The molecule has 2 aromatic heterocycles. The number of carbonyl (C=O) groups is 1. The van der Waals surface area contributed by atoms with Gasteiger partial charge in [-0.1, -0.05) is 12.1 Å². The fourth-order valence-corrected chi connectivity index (χ4v) is 5.19. The van der Waals surface area contributed by atoms with E-state index in [-0.39, 0.29) is 17.0 Å². The molecule has 0 saturated heterocycles. The largest absolute Gasteiger partial charge is 0.417 e. The standard InChI is InChI=1S/C20H14F3N3O3S2/c1-12-17(26-10-11-30-19(26)24-12)18(27)13-6-8-14(9-7-13)25-31(28,29)16-5-3-2-4-15(16)20(21,22)23/h2-11,25H,1H3. The van der Waals surface area contributed by atoms with E-state index in [2.05, 4.69) is 9.71 Å². The second-order valence-electron chi connectivity index (χ2n) is 6.61. The van der Waals surface area contributed by atoms with E-state index in [0.29, 0.717) is 22.4 Å². The van der Waals surface area contributed by atoms with Gasteiger partial charge in [0.25, 0.3) is 10.0 Å². The van der Waals surface area contributed by atoms with Gasteiger partial charge in [-0.2, -0.15) is 13.2 Å². The van der Waals surface area contributed by atoms with E-state index in [1.807, 2.05) is 0 Å². The number of hydrogen-bond acceptors (Lipinski definition) is 5. The number of fused-ring (bicyclic) bond motifs is 1. The summed E-state index contributed by atoms with van der Waals surface area (Å²) in [5.74, 6) is -0.305. The van der Waals surface area contributed by atoms with Crippen LogP contribution in [0, 0.1) is 6.92 Å². The van der Waals surface area contributed by atoms with Crippen molar-refractivity contribution in [1.82, 2.24) is 9.38 Å². The number of imidazole rings is 1. The molecule has 6 nitrogen and oxygen atoms in total. The summed E-state index contributed by atoms with van der Waals surface area (Å²) in [5.41, 5.74) is 0.00770. The Kier molecular flexibility index (Phi) is 5.10. The van der Waals surface area contributed by atoms with Crippen molar-refractivity contribution in [1.29, 1.82) is 0 Å². The Morgan fingerprint density at radius 2 is 1.77 bits per heavy atom. The maximum atomic E-state index is 13.2. The molecule has 0 aliphatic heterocycles. The summed E-state index contributed by atoms with van der Waals surface area (Å²) in [6.07, 6.45) is -3.09. The van der Waals surface area contributed by atoms with Gasteiger partial charge < -0.3 is 0 Å². The van der Waals surface area contributed by atoms with Crippen LogP contribution in [0.2, 0.25) is 0 Å². The van der Waals surface area contributed by atoms with Crippen molar-refractivity contribution in [2.75, 3.05) is 4.72 Å². The van der Waals surface area contributed by atoms with Crippen LogP contribution >= 0.6 is 11.3 Å². The van der Waals surface area contributed by atoms with E-state index < -0.39 is 26.7 Å². The van der Waals surface area contributed by atoms with Gasteiger partial charge >= 0.3 is 6.18 Å².